The summed E-state index contributed by atoms with van der Waals surface area (Å²) in [6, 6.07) is 23.5. The van der Waals surface area contributed by atoms with Crippen LogP contribution in [0.2, 0.25) is 0 Å². The van der Waals surface area contributed by atoms with Crippen molar-refractivity contribution in [3.63, 3.8) is 0 Å². The van der Waals surface area contributed by atoms with Crippen LogP contribution in [0.25, 0.3) is 10.9 Å². The molecule has 1 amide bonds. The number of carbonyl (C=O) groups is 2. The zero-order valence-corrected chi connectivity index (χ0v) is 17.2. The SMILES string of the molecule is COc1ccc(NC(=O)C(OC(=O)c2cn(C)c3ccccc23)c2ccccc2)cc1. The molecule has 156 valence electrons. The first-order valence-electron chi connectivity index (χ1n) is 9.81. The molecule has 0 spiro atoms. The molecular formula is C25H22N2O4. The standard InChI is InChI=1S/C25H22N2O4/c1-27-16-21(20-10-6-7-11-22(20)27)25(29)31-23(17-8-4-3-5-9-17)24(28)26-18-12-14-19(30-2)15-13-18/h3-16,23H,1-2H3,(H,26,28). The van der Waals surface area contributed by atoms with E-state index in [4.69, 9.17) is 9.47 Å². The van der Waals surface area contributed by atoms with Gasteiger partial charge in [0.05, 0.1) is 12.7 Å². The highest BCUT2D eigenvalue weighted by molar-refractivity contribution is 6.05. The van der Waals surface area contributed by atoms with E-state index in [1.54, 1.807) is 61.8 Å². The highest BCUT2D eigenvalue weighted by Gasteiger charge is 2.27. The van der Waals surface area contributed by atoms with Crippen LogP contribution in [0, 0.1) is 0 Å². The van der Waals surface area contributed by atoms with E-state index in [1.165, 1.54) is 0 Å². The van der Waals surface area contributed by atoms with Crippen LogP contribution in [0.4, 0.5) is 5.69 Å². The number of benzene rings is 3. The number of para-hydroxylation sites is 1. The molecule has 0 saturated carbocycles. The predicted octanol–water partition coefficient (Wildman–Crippen LogP) is 4.72. The van der Waals surface area contributed by atoms with Crippen molar-refractivity contribution in [2.24, 2.45) is 7.05 Å². The molecule has 6 nitrogen and oxygen atoms in total. The second-order valence-electron chi connectivity index (χ2n) is 7.08. The summed E-state index contributed by atoms with van der Waals surface area (Å²) >= 11 is 0. The number of aromatic nitrogens is 1. The smallest absolute Gasteiger partial charge is 0.341 e. The van der Waals surface area contributed by atoms with Crippen LogP contribution < -0.4 is 10.1 Å². The Morgan fingerprint density at radius 3 is 2.29 bits per heavy atom. The van der Waals surface area contributed by atoms with Crippen molar-refractivity contribution in [1.82, 2.24) is 4.57 Å². The lowest BCUT2D eigenvalue weighted by atomic mass is 10.1. The van der Waals surface area contributed by atoms with E-state index in [1.807, 2.05) is 41.9 Å². The lowest BCUT2D eigenvalue weighted by molar-refractivity contribution is -0.125. The third kappa shape index (κ3) is 4.28. The fourth-order valence-electron chi connectivity index (χ4n) is 3.46. The molecule has 0 saturated heterocycles. The number of aryl methyl sites for hydroxylation is 1. The molecule has 4 aromatic rings. The first-order chi connectivity index (χ1) is 15.1. The van der Waals surface area contributed by atoms with Gasteiger partial charge in [-0.25, -0.2) is 4.79 Å². The minimum Gasteiger partial charge on any atom is -0.497 e. The highest BCUT2D eigenvalue weighted by Crippen LogP contribution is 2.26. The van der Waals surface area contributed by atoms with Crippen LogP contribution in [-0.2, 0) is 16.6 Å². The van der Waals surface area contributed by atoms with Crippen molar-refractivity contribution >= 4 is 28.5 Å². The third-order valence-corrected chi connectivity index (χ3v) is 5.04. The number of carbonyl (C=O) groups excluding carboxylic acids is 2. The maximum Gasteiger partial charge on any atom is 0.341 e. The quantitative estimate of drug-likeness (QED) is 0.464. The van der Waals surface area contributed by atoms with Crippen molar-refractivity contribution < 1.29 is 19.1 Å². The van der Waals surface area contributed by atoms with Crippen molar-refractivity contribution in [2.75, 3.05) is 12.4 Å². The Bertz CT molecular complexity index is 1210. The van der Waals surface area contributed by atoms with E-state index < -0.39 is 18.0 Å². The fraction of sp³-hybridized carbons (Fsp3) is 0.120. The molecule has 0 aliphatic carbocycles. The summed E-state index contributed by atoms with van der Waals surface area (Å²) in [5.74, 6) is -0.319. The maximum absolute atomic E-state index is 13.1. The molecule has 0 fully saturated rings. The summed E-state index contributed by atoms with van der Waals surface area (Å²) in [4.78, 5) is 26.1. The number of ether oxygens (including phenoxy) is 2. The topological polar surface area (TPSA) is 69.6 Å². The molecule has 0 radical (unpaired) electrons. The van der Waals surface area contributed by atoms with Crippen LogP contribution in [0.5, 0.6) is 5.75 Å². The molecule has 0 aliphatic rings. The minimum atomic E-state index is -1.10. The van der Waals surface area contributed by atoms with Crippen molar-refractivity contribution in [1.29, 1.82) is 0 Å². The number of esters is 1. The number of anilines is 1. The van der Waals surface area contributed by atoms with Gasteiger partial charge in [0.15, 0.2) is 0 Å². The van der Waals surface area contributed by atoms with Crippen molar-refractivity contribution in [3.8, 4) is 5.75 Å². The second kappa shape index (κ2) is 8.75. The summed E-state index contributed by atoms with van der Waals surface area (Å²) in [5.41, 5.74) is 2.49. The van der Waals surface area contributed by atoms with Gasteiger partial charge in [0.1, 0.15) is 5.75 Å². The Morgan fingerprint density at radius 1 is 0.903 bits per heavy atom. The van der Waals surface area contributed by atoms with E-state index in [9.17, 15) is 9.59 Å². The number of amides is 1. The summed E-state index contributed by atoms with van der Waals surface area (Å²) in [5, 5.41) is 3.59. The van der Waals surface area contributed by atoms with Crippen molar-refractivity contribution in [2.45, 2.75) is 6.10 Å². The number of methoxy groups -OCH3 is 1. The van der Waals surface area contributed by atoms with Gasteiger partial charge < -0.3 is 19.4 Å². The average molecular weight is 414 g/mol. The van der Waals surface area contributed by atoms with E-state index in [2.05, 4.69) is 5.32 Å². The van der Waals surface area contributed by atoms with E-state index in [0.717, 1.165) is 10.9 Å². The lowest BCUT2D eigenvalue weighted by Crippen LogP contribution is -2.26. The highest BCUT2D eigenvalue weighted by atomic mass is 16.5. The molecule has 1 heterocycles. The first-order valence-corrected chi connectivity index (χ1v) is 9.81. The first kappa shape index (κ1) is 20.2. The van der Waals surface area contributed by atoms with Crippen LogP contribution in [-0.4, -0.2) is 23.6 Å². The second-order valence-corrected chi connectivity index (χ2v) is 7.08. The number of nitrogens with one attached hydrogen (secondary N) is 1. The van der Waals surface area contributed by atoms with Gasteiger partial charge in [0, 0.05) is 35.4 Å². The molecule has 1 atom stereocenters. The minimum absolute atomic E-state index is 0.413. The van der Waals surface area contributed by atoms with Gasteiger partial charge in [-0.05, 0) is 30.3 Å². The summed E-state index contributed by atoms with van der Waals surface area (Å²) in [6.45, 7) is 0. The lowest BCUT2D eigenvalue weighted by Gasteiger charge is -2.18. The van der Waals surface area contributed by atoms with E-state index in [0.29, 0.717) is 22.6 Å². The van der Waals surface area contributed by atoms with Crippen molar-refractivity contribution in [3.05, 3.63) is 96.2 Å². The molecule has 3 aromatic carbocycles. The molecule has 31 heavy (non-hydrogen) atoms. The van der Waals surface area contributed by atoms with Gasteiger partial charge in [-0.3, -0.25) is 4.79 Å². The molecular weight excluding hydrogens is 392 g/mol. The van der Waals surface area contributed by atoms with Crippen LogP contribution >= 0.6 is 0 Å². The molecule has 4 rings (SSSR count). The third-order valence-electron chi connectivity index (χ3n) is 5.04. The molecule has 1 unspecified atom stereocenters. The maximum atomic E-state index is 13.1. The molecule has 1 aromatic heterocycles. The number of hydrogen-bond donors (Lipinski definition) is 1. The zero-order chi connectivity index (χ0) is 21.8. The van der Waals surface area contributed by atoms with Gasteiger partial charge in [0.2, 0.25) is 6.10 Å². The Morgan fingerprint density at radius 2 is 1.58 bits per heavy atom. The van der Waals surface area contributed by atoms with Gasteiger partial charge >= 0.3 is 5.97 Å². The Labute approximate surface area is 180 Å². The zero-order valence-electron chi connectivity index (χ0n) is 17.2. The summed E-state index contributed by atoms with van der Waals surface area (Å²) < 4.78 is 12.7. The van der Waals surface area contributed by atoms with Gasteiger partial charge in [-0.1, -0.05) is 48.5 Å². The number of hydrogen-bond acceptors (Lipinski definition) is 4. The van der Waals surface area contributed by atoms with E-state index in [-0.39, 0.29) is 0 Å². The number of rotatable bonds is 6. The molecule has 0 aliphatic heterocycles. The van der Waals surface area contributed by atoms with Gasteiger partial charge in [0.25, 0.3) is 5.91 Å². The monoisotopic (exact) mass is 414 g/mol. The van der Waals surface area contributed by atoms with Crippen LogP contribution in [0.3, 0.4) is 0 Å². The van der Waals surface area contributed by atoms with Gasteiger partial charge in [-0.15, -0.1) is 0 Å². The molecule has 6 heteroatoms. The molecule has 1 N–H and O–H groups in total. The van der Waals surface area contributed by atoms with Gasteiger partial charge in [-0.2, -0.15) is 0 Å². The fourth-order valence-corrected chi connectivity index (χ4v) is 3.46. The largest absolute Gasteiger partial charge is 0.497 e. The predicted molar refractivity (Wildman–Crippen MR) is 119 cm³/mol. The Kier molecular flexibility index (Phi) is 5.71. The summed E-state index contributed by atoms with van der Waals surface area (Å²) in [7, 11) is 3.44. The Hall–Kier alpha value is -4.06. The summed E-state index contributed by atoms with van der Waals surface area (Å²) in [6.07, 6.45) is 0.617. The average Bonchev–Trinajstić information content (AvgIpc) is 3.15. The Balaban J connectivity index is 1.62. The number of fused-ring (bicyclic) bond motifs is 1. The number of nitrogens with zero attached hydrogens (tertiary/aromatic N) is 1. The van der Waals surface area contributed by atoms with Crippen LogP contribution in [0.1, 0.15) is 22.0 Å². The van der Waals surface area contributed by atoms with Crippen LogP contribution in [0.15, 0.2) is 85.1 Å². The normalized spacial score (nSPS) is 11.7. The van der Waals surface area contributed by atoms with E-state index >= 15 is 0 Å². The molecule has 0 bridgehead atoms.